The van der Waals surface area contributed by atoms with Crippen molar-refractivity contribution >= 4 is 11.8 Å². The van der Waals surface area contributed by atoms with Crippen LogP contribution >= 0.6 is 0 Å². The Kier molecular flexibility index (Phi) is 3.34. The summed E-state index contributed by atoms with van der Waals surface area (Å²) in [6, 6.07) is 5.51. The maximum atomic E-state index is 11.0. The van der Waals surface area contributed by atoms with Crippen LogP contribution in [0.4, 0.5) is 10.5 Å². The number of hydrogen-bond acceptors (Lipinski definition) is 3. The smallest absolute Gasteiger partial charge is 0.411 e. The second kappa shape index (κ2) is 4.50. The molecule has 0 saturated heterocycles. The molecule has 0 fully saturated rings. The topological polar surface area (TPSA) is 47.6 Å². The molecule has 4 nitrogen and oxygen atoms in total. The zero-order valence-corrected chi connectivity index (χ0v) is 8.46. The number of benzene rings is 1. The third-order valence-corrected chi connectivity index (χ3v) is 1.78. The van der Waals surface area contributed by atoms with Crippen LogP contribution in [-0.2, 0) is 4.74 Å². The number of ether oxygens (including phenoxy) is 2. The van der Waals surface area contributed by atoms with E-state index in [2.05, 4.69) is 10.1 Å². The lowest BCUT2D eigenvalue weighted by Gasteiger charge is -2.09. The largest absolute Gasteiger partial charge is 0.495 e. The fourth-order valence-electron chi connectivity index (χ4n) is 1.08. The highest BCUT2D eigenvalue weighted by atomic mass is 16.5. The van der Waals surface area contributed by atoms with Gasteiger partial charge < -0.3 is 9.47 Å². The van der Waals surface area contributed by atoms with E-state index >= 15 is 0 Å². The standard InChI is InChI=1S/C10H13NO3/c1-7-4-5-9(13-2)8(6-7)11-10(12)14-3/h4-6H,1-3H3,(H,11,12). The predicted molar refractivity (Wildman–Crippen MR) is 53.8 cm³/mol. The molecule has 14 heavy (non-hydrogen) atoms. The third-order valence-electron chi connectivity index (χ3n) is 1.78. The maximum absolute atomic E-state index is 11.0. The fourth-order valence-corrected chi connectivity index (χ4v) is 1.08. The van der Waals surface area contributed by atoms with E-state index in [4.69, 9.17) is 4.74 Å². The maximum Gasteiger partial charge on any atom is 0.411 e. The van der Waals surface area contributed by atoms with Crippen LogP contribution in [-0.4, -0.2) is 20.3 Å². The van der Waals surface area contributed by atoms with Gasteiger partial charge in [0.05, 0.1) is 19.9 Å². The lowest BCUT2D eigenvalue weighted by atomic mass is 10.2. The molecular weight excluding hydrogens is 182 g/mol. The number of hydrogen-bond donors (Lipinski definition) is 1. The van der Waals surface area contributed by atoms with Crippen molar-refractivity contribution in [1.29, 1.82) is 0 Å². The van der Waals surface area contributed by atoms with Crippen LogP contribution in [0.5, 0.6) is 5.75 Å². The highest BCUT2D eigenvalue weighted by molar-refractivity contribution is 5.86. The van der Waals surface area contributed by atoms with E-state index in [1.54, 1.807) is 13.2 Å². The number of carbonyl (C=O) groups is 1. The number of rotatable bonds is 2. The number of nitrogens with one attached hydrogen (secondary N) is 1. The van der Waals surface area contributed by atoms with Crippen molar-refractivity contribution in [3.05, 3.63) is 23.8 Å². The van der Waals surface area contributed by atoms with E-state index in [1.807, 2.05) is 19.1 Å². The lowest BCUT2D eigenvalue weighted by molar-refractivity contribution is 0.187. The molecular formula is C10H13NO3. The SMILES string of the molecule is COC(=O)Nc1cc(C)ccc1OC. The van der Waals surface area contributed by atoms with E-state index in [9.17, 15) is 4.79 Å². The molecule has 0 spiro atoms. The van der Waals surface area contributed by atoms with Gasteiger partial charge in [-0.3, -0.25) is 5.32 Å². The van der Waals surface area contributed by atoms with Crippen molar-refractivity contribution in [3.8, 4) is 5.75 Å². The van der Waals surface area contributed by atoms with Crippen molar-refractivity contribution in [2.75, 3.05) is 19.5 Å². The van der Waals surface area contributed by atoms with Gasteiger partial charge in [0.15, 0.2) is 0 Å². The highest BCUT2D eigenvalue weighted by Crippen LogP contribution is 2.25. The second-order valence-corrected chi connectivity index (χ2v) is 2.82. The number of carbonyl (C=O) groups excluding carboxylic acids is 1. The monoisotopic (exact) mass is 195 g/mol. The van der Waals surface area contributed by atoms with Gasteiger partial charge in [0.1, 0.15) is 5.75 Å². The van der Waals surface area contributed by atoms with Crippen LogP contribution in [0.15, 0.2) is 18.2 Å². The van der Waals surface area contributed by atoms with Gasteiger partial charge in [-0.2, -0.15) is 0 Å². The molecule has 1 aromatic carbocycles. The first-order valence-electron chi connectivity index (χ1n) is 4.17. The Morgan fingerprint density at radius 1 is 1.36 bits per heavy atom. The number of methoxy groups -OCH3 is 2. The molecule has 1 N–H and O–H groups in total. The molecule has 0 bridgehead atoms. The Balaban J connectivity index is 2.93. The van der Waals surface area contributed by atoms with Crippen molar-refractivity contribution in [3.63, 3.8) is 0 Å². The predicted octanol–water partition coefficient (Wildman–Crippen LogP) is 2.18. The number of amides is 1. The molecule has 0 aliphatic carbocycles. The van der Waals surface area contributed by atoms with Crippen LogP contribution in [0.1, 0.15) is 5.56 Å². The Morgan fingerprint density at radius 3 is 2.64 bits per heavy atom. The number of anilines is 1. The van der Waals surface area contributed by atoms with E-state index < -0.39 is 6.09 Å². The van der Waals surface area contributed by atoms with Gasteiger partial charge in [0.2, 0.25) is 0 Å². The molecule has 0 aliphatic rings. The lowest BCUT2D eigenvalue weighted by Crippen LogP contribution is -2.11. The average molecular weight is 195 g/mol. The van der Waals surface area contributed by atoms with Gasteiger partial charge in [-0.05, 0) is 24.6 Å². The van der Waals surface area contributed by atoms with Crippen LogP contribution in [0.3, 0.4) is 0 Å². The van der Waals surface area contributed by atoms with Crippen molar-refractivity contribution in [2.45, 2.75) is 6.92 Å². The zero-order chi connectivity index (χ0) is 10.6. The van der Waals surface area contributed by atoms with E-state index in [1.165, 1.54) is 7.11 Å². The summed E-state index contributed by atoms with van der Waals surface area (Å²) in [5.41, 5.74) is 1.65. The minimum absolute atomic E-state index is 0.506. The zero-order valence-electron chi connectivity index (χ0n) is 8.46. The van der Waals surface area contributed by atoms with Gasteiger partial charge in [0, 0.05) is 0 Å². The minimum Gasteiger partial charge on any atom is -0.495 e. The summed E-state index contributed by atoms with van der Waals surface area (Å²) in [6.45, 7) is 1.93. The summed E-state index contributed by atoms with van der Waals surface area (Å²) in [6.07, 6.45) is -0.506. The van der Waals surface area contributed by atoms with Gasteiger partial charge in [-0.25, -0.2) is 4.79 Å². The molecule has 76 valence electrons. The Morgan fingerprint density at radius 2 is 2.07 bits per heavy atom. The minimum atomic E-state index is -0.506. The molecule has 0 saturated carbocycles. The summed E-state index contributed by atoms with van der Waals surface area (Å²) in [5, 5.41) is 2.57. The molecule has 1 rings (SSSR count). The Hall–Kier alpha value is -1.71. The van der Waals surface area contributed by atoms with E-state index in [-0.39, 0.29) is 0 Å². The molecule has 4 heteroatoms. The van der Waals surface area contributed by atoms with Crippen molar-refractivity contribution in [1.82, 2.24) is 0 Å². The summed E-state index contributed by atoms with van der Waals surface area (Å²) in [7, 11) is 2.87. The molecule has 0 radical (unpaired) electrons. The molecule has 0 atom stereocenters. The van der Waals surface area contributed by atoms with Crippen molar-refractivity contribution in [2.24, 2.45) is 0 Å². The summed E-state index contributed by atoms with van der Waals surface area (Å²) in [4.78, 5) is 11.0. The third kappa shape index (κ3) is 2.39. The molecule has 0 aromatic heterocycles. The number of aryl methyl sites for hydroxylation is 1. The van der Waals surface area contributed by atoms with Gasteiger partial charge >= 0.3 is 6.09 Å². The van der Waals surface area contributed by atoms with Gasteiger partial charge in [-0.1, -0.05) is 6.07 Å². The average Bonchev–Trinajstić information content (AvgIpc) is 2.18. The normalized spacial score (nSPS) is 9.36. The quantitative estimate of drug-likeness (QED) is 0.786. The molecule has 0 heterocycles. The van der Waals surface area contributed by atoms with Crippen LogP contribution in [0.25, 0.3) is 0 Å². The fraction of sp³-hybridized carbons (Fsp3) is 0.300. The first kappa shape index (κ1) is 10.4. The van der Waals surface area contributed by atoms with E-state index in [0.717, 1.165) is 5.56 Å². The van der Waals surface area contributed by atoms with Crippen LogP contribution in [0.2, 0.25) is 0 Å². The summed E-state index contributed by atoms with van der Waals surface area (Å²) >= 11 is 0. The molecule has 1 amide bonds. The molecule has 0 unspecified atom stereocenters. The van der Waals surface area contributed by atoms with Crippen LogP contribution in [0, 0.1) is 6.92 Å². The highest BCUT2D eigenvalue weighted by Gasteiger charge is 2.06. The Labute approximate surface area is 82.8 Å². The summed E-state index contributed by atoms with van der Waals surface area (Å²) < 4.78 is 9.56. The van der Waals surface area contributed by atoms with Gasteiger partial charge in [-0.15, -0.1) is 0 Å². The first-order valence-corrected chi connectivity index (χ1v) is 4.17. The van der Waals surface area contributed by atoms with E-state index in [0.29, 0.717) is 11.4 Å². The Bertz CT molecular complexity index is 336. The molecule has 1 aromatic rings. The summed E-state index contributed by atoms with van der Waals surface area (Å²) in [5.74, 6) is 0.612. The van der Waals surface area contributed by atoms with Crippen molar-refractivity contribution < 1.29 is 14.3 Å². The molecule has 0 aliphatic heterocycles. The van der Waals surface area contributed by atoms with Gasteiger partial charge in [0.25, 0.3) is 0 Å². The first-order chi connectivity index (χ1) is 6.67. The van der Waals surface area contributed by atoms with Crippen LogP contribution < -0.4 is 10.1 Å². The second-order valence-electron chi connectivity index (χ2n) is 2.82.